The maximum absolute atomic E-state index is 12.6. The summed E-state index contributed by atoms with van der Waals surface area (Å²) in [6, 6.07) is 24.2. The third kappa shape index (κ3) is 4.74. The summed E-state index contributed by atoms with van der Waals surface area (Å²) in [6.07, 6.45) is 0.166. The minimum Gasteiger partial charge on any atom is -0.481 e. The van der Waals surface area contributed by atoms with Gasteiger partial charge in [0.15, 0.2) is 5.76 Å². The number of rotatable bonds is 7. The molecule has 0 aliphatic heterocycles. The van der Waals surface area contributed by atoms with Crippen LogP contribution in [-0.2, 0) is 14.9 Å². The number of nitrogens with one attached hydrogen (secondary N) is 1. The molecule has 8 heteroatoms. The van der Waals surface area contributed by atoms with E-state index >= 15 is 0 Å². The highest BCUT2D eigenvalue weighted by Gasteiger charge is 2.51. The van der Waals surface area contributed by atoms with Crippen LogP contribution in [0.15, 0.2) is 77.3 Å². The van der Waals surface area contributed by atoms with Gasteiger partial charge in [-0.3, -0.25) is 10.1 Å². The predicted molar refractivity (Wildman–Crippen MR) is 140 cm³/mol. The van der Waals surface area contributed by atoms with E-state index in [4.69, 9.17) is 14.5 Å². The van der Waals surface area contributed by atoms with E-state index in [1.54, 1.807) is 38.1 Å². The molecule has 3 aromatic carbocycles. The first-order valence-electron chi connectivity index (χ1n) is 12.2. The number of aryl methyl sites for hydroxylation is 1. The van der Waals surface area contributed by atoms with Gasteiger partial charge in [0.1, 0.15) is 17.5 Å². The van der Waals surface area contributed by atoms with Crippen molar-refractivity contribution in [2.75, 3.05) is 5.32 Å². The van der Waals surface area contributed by atoms with E-state index in [-0.39, 0.29) is 0 Å². The molecule has 5 rings (SSSR count). The van der Waals surface area contributed by atoms with E-state index in [9.17, 15) is 14.7 Å². The first-order chi connectivity index (χ1) is 18.3. The fraction of sp³-hybridized carbons (Fsp3) is 0.200. The summed E-state index contributed by atoms with van der Waals surface area (Å²) in [4.78, 5) is 24.2. The molecular formula is C30H25N3O5. The van der Waals surface area contributed by atoms with Gasteiger partial charge in [0.25, 0.3) is 0 Å². The van der Waals surface area contributed by atoms with E-state index < -0.39 is 23.6 Å². The number of carbonyl (C=O) groups is 2. The number of carbonyl (C=O) groups excluding carboxylic acids is 1. The minimum absolute atomic E-state index is 0.407. The normalized spacial score (nSPS) is 14.2. The molecule has 1 aromatic heterocycles. The number of anilines is 1. The Kier molecular flexibility index (Phi) is 6.43. The number of benzene rings is 3. The fourth-order valence-corrected chi connectivity index (χ4v) is 4.45. The monoisotopic (exact) mass is 507 g/mol. The van der Waals surface area contributed by atoms with Crippen molar-refractivity contribution in [1.29, 1.82) is 5.26 Å². The van der Waals surface area contributed by atoms with Gasteiger partial charge in [-0.1, -0.05) is 65.8 Å². The molecule has 1 aliphatic carbocycles. The van der Waals surface area contributed by atoms with Gasteiger partial charge >= 0.3 is 12.1 Å². The van der Waals surface area contributed by atoms with Crippen LogP contribution >= 0.6 is 0 Å². The Morgan fingerprint density at radius 3 is 2.13 bits per heavy atom. The zero-order valence-corrected chi connectivity index (χ0v) is 20.9. The SMILES string of the molecule is Cc1noc(-c2ccc(-c3ccc(C4(C(=O)O)CC4)cc3)cc2)c1NC(=O)O[C@H](C)c1ccc(C#N)cc1. The van der Waals surface area contributed by atoms with E-state index in [2.05, 4.69) is 16.5 Å². The molecule has 8 nitrogen and oxygen atoms in total. The molecule has 0 unspecified atom stereocenters. The predicted octanol–water partition coefficient (Wildman–Crippen LogP) is 6.61. The molecule has 0 radical (unpaired) electrons. The number of hydrogen-bond acceptors (Lipinski definition) is 6. The van der Waals surface area contributed by atoms with Gasteiger partial charge in [-0.25, -0.2) is 4.79 Å². The second-order valence-electron chi connectivity index (χ2n) is 9.42. The second kappa shape index (κ2) is 9.87. The topological polar surface area (TPSA) is 125 Å². The molecule has 0 saturated heterocycles. The number of hydrogen-bond donors (Lipinski definition) is 2. The van der Waals surface area contributed by atoms with Crippen LogP contribution in [0.1, 0.15) is 48.3 Å². The number of aliphatic carboxylic acids is 1. The van der Waals surface area contributed by atoms with Gasteiger partial charge in [-0.15, -0.1) is 0 Å². The highest BCUT2D eigenvalue weighted by atomic mass is 16.6. The van der Waals surface area contributed by atoms with E-state index in [1.165, 1.54) is 0 Å². The molecule has 0 bridgehead atoms. The third-order valence-electron chi connectivity index (χ3n) is 6.96. The number of amides is 1. The lowest BCUT2D eigenvalue weighted by atomic mass is 9.93. The number of carboxylic acids is 1. The number of nitriles is 1. The standard InChI is InChI=1S/C30H25N3O5/c1-18-26(32-29(36)37-19(2)21-5-3-20(17-31)4-6-21)27(38-33-18)24-9-7-22(8-10-24)23-11-13-25(14-12-23)30(15-16-30)28(34)35/h3-14,19H,15-16H2,1-2H3,(H,32,36)(H,34,35)/t19-/m1/s1. The molecular weight excluding hydrogens is 482 g/mol. The van der Waals surface area contributed by atoms with Crippen LogP contribution < -0.4 is 5.32 Å². The molecule has 1 heterocycles. The van der Waals surface area contributed by atoms with Gasteiger partial charge in [0.2, 0.25) is 0 Å². The summed E-state index contributed by atoms with van der Waals surface area (Å²) in [5.74, 6) is -0.363. The van der Waals surface area contributed by atoms with Crippen LogP contribution in [0.25, 0.3) is 22.5 Å². The summed E-state index contributed by atoms with van der Waals surface area (Å²) in [7, 11) is 0. The second-order valence-corrected chi connectivity index (χ2v) is 9.42. The van der Waals surface area contributed by atoms with Crippen molar-refractivity contribution in [1.82, 2.24) is 5.16 Å². The Morgan fingerprint density at radius 1 is 1.00 bits per heavy atom. The maximum atomic E-state index is 12.6. The van der Waals surface area contributed by atoms with Gasteiger partial charge in [0, 0.05) is 5.56 Å². The summed E-state index contributed by atoms with van der Waals surface area (Å²) >= 11 is 0. The summed E-state index contributed by atoms with van der Waals surface area (Å²) in [5.41, 5.74) is 4.98. The molecule has 4 aromatic rings. The van der Waals surface area contributed by atoms with E-state index in [0.717, 1.165) is 27.8 Å². The van der Waals surface area contributed by atoms with Crippen molar-refractivity contribution in [3.05, 3.63) is 95.2 Å². The average Bonchev–Trinajstić information content (AvgIpc) is 3.68. The minimum atomic E-state index is -0.769. The molecule has 0 spiro atoms. The summed E-state index contributed by atoms with van der Waals surface area (Å²) in [6.45, 7) is 3.48. The Hall–Kier alpha value is -4.90. The lowest BCUT2D eigenvalue weighted by Crippen LogP contribution is -2.19. The molecule has 1 amide bonds. The zero-order chi connectivity index (χ0) is 26.9. The maximum Gasteiger partial charge on any atom is 0.412 e. The summed E-state index contributed by atoms with van der Waals surface area (Å²) in [5, 5.41) is 25.2. The Morgan fingerprint density at radius 2 is 1.58 bits per heavy atom. The Bertz CT molecular complexity index is 1530. The molecule has 1 fully saturated rings. The highest BCUT2D eigenvalue weighted by Crippen LogP contribution is 2.48. The van der Waals surface area contributed by atoms with Crippen LogP contribution in [0, 0.1) is 18.3 Å². The fourth-order valence-electron chi connectivity index (χ4n) is 4.45. The number of nitrogens with zero attached hydrogens (tertiary/aromatic N) is 2. The van der Waals surface area contributed by atoms with Crippen LogP contribution in [0.5, 0.6) is 0 Å². The smallest absolute Gasteiger partial charge is 0.412 e. The molecule has 38 heavy (non-hydrogen) atoms. The number of ether oxygens (including phenoxy) is 1. The quantitative estimate of drug-likeness (QED) is 0.288. The largest absolute Gasteiger partial charge is 0.481 e. The molecule has 190 valence electrons. The van der Waals surface area contributed by atoms with Crippen molar-refractivity contribution in [3.63, 3.8) is 0 Å². The van der Waals surface area contributed by atoms with Gasteiger partial charge in [-0.2, -0.15) is 5.26 Å². The average molecular weight is 508 g/mol. The molecule has 2 N–H and O–H groups in total. The van der Waals surface area contributed by atoms with E-state index in [0.29, 0.717) is 35.5 Å². The zero-order valence-electron chi connectivity index (χ0n) is 20.9. The van der Waals surface area contributed by atoms with Crippen molar-refractivity contribution >= 4 is 17.7 Å². The van der Waals surface area contributed by atoms with Crippen LogP contribution in [-0.4, -0.2) is 22.3 Å². The lowest BCUT2D eigenvalue weighted by Gasteiger charge is -2.14. The lowest BCUT2D eigenvalue weighted by molar-refractivity contribution is -0.140. The van der Waals surface area contributed by atoms with Gasteiger partial charge in [0.05, 0.1) is 17.0 Å². The Labute approximate surface area is 219 Å². The van der Waals surface area contributed by atoms with Crippen LogP contribution in [0.2, 0.25) is 0 Å². The van der Waals surface area contributed by atoms with Crippen molar-refractivity contribution in [2.24, 2.45) is 0 Å². The molecule has 1 aliphatic rings. The number of aromatic nitrogens is 1. The van der Waals surface area contributed by atoms with Crippen molar-refractivity contribution in [3.8, 4) is 28.5 Å². The van der Waals surface area contributed by atoms with Gasteiger partial charge < -0.3 is 14.4 Å². The van der Waals surface area contributed by atoms with Crippen LogP contribution in [0.4, 0.5) is 10.5 Å². The molecule has 1 atom stereocenters. The first kappa shape index (κ1) is 24.8. The molecule has 1 saturated carbocycles. The summed E-state index contributed by atoms with van der Waals surface area (Å²) < 4.78 is 11.0. The highest BCUT2D eigenvalue weighted by molar-refractivity contribution is 5.91. The van der Waals surface area contributed by atoms with Crippen molar-refractivity contribution < 1.29 is 24.0 Å². The number of carboxylic acid groups (broad SMARTS) is 1. The van der Waals surface area contributed by atoms with Crippen molar-refractivity contribution in [2.45, 2.75) is 38.2 Å². The van der Waals surface area contributed by atoms with E-state index in [1.807, 2.05) is 48.5 Å². The van der Waals surface area contributed by atoms with Gasteiger partial charge in [-0.05, 0) is 61.1 Å². The Balaban J connectivity index is 1.29. The van der Waals surface area contributed by atoms with Crippen LogP contribution in [0.3, 0.4) is 0 Å². The third-order valence-corrected chi connectivity index (χ3v) is 6.96. The first-order valence-corrected chi connectivity index (χ1v) is 12.2.